The zero-order chi connectivity index (χ0) is 88.8. The monoisotopic (exact) mass is 1690 g/mol. The van der Waals surface area contributed by atoms with Crippen LogP contribution in [0.3, 0.4) is 0 Å². The lowest BCUT2D eigenvalue weighted by molar-refractivity contribution is -0.126. The van der Waals surface area contributed by atoms with E-state index in [4.69, 9.17) is 38.6 Å². The highest BCUT2D eigenvalue weighted by molar-refractivity contribution is 5.99. The van der Waals surface area contributed by atoms with E-state index >= 15 is 0 Å². The summed E-state index contributed by atoms with van der Waals surface area (Å²) in [6.45, 7) is 21.2. The van der Waals surface area contributed by atoms with Crippen LogP contribution in [0.4, 0.5) is 0 Å². The van der Waals surface area contributed by atoms with Gasteiger partial charge in [-0.15, -0.1) is 0 Å². The lowest BCUT2D eigenvalue weighted by Gasteiger charge is -2.24. The summed E-state index contributed by atoms with van der Waals surface area (Å²) < 4.78 is 39.4. The molecule has 4 atom stereocenters. The molecule has 6 N–H and O–H groups in total. The van der Waals surface area contributed by atoms with Crippen molar-refractivity contribution in [3.8, 4) is 68.3 Å². The van der Waals surface area contributed by atoms with Gasteiger partial charge in [0.05, 0.1) is 102 Å². The van der Waals surface area contributed by atoms with E-state index in [1.807, 2.05) is 99.0 Å². The number of amides is 6. The van der Waals surface area contributed by atoms with Gasteiger partial charge in [0, 0.05) is 57.3 Å². The zero-order valence-electron chi connectivity index (χ0n) is 75.1. The smallest absolute Gasteiger partial charge is 0.272 e. The number of hydrogen-bond acceptors (Lipinski definition) is 18. The Kier molecular flexibility index (Phi) is 41.2. The quantitative estimate of drug-likeness (QED) is 0.0206. The predicted molar refractivity (Wildman–Crippen MR) is 475 cm³/mol. The molecule has 27 nitrogen and oxygen atoms in total. The summed E-state index contributed by atoms with van der Waals surface area (Å²) in [7, 11) is 9.60. The summed E-state index contributed by atoms with van der Waals surface area (Å²) in [5.41, 5.74) is 6.06. The third-order valence-corrected chi connectivity index (χ3v) is 23.1. The number of nitrogens with zero attached hydrogens (tertiary/aromatic N) is 6. The van der Waals surface area contributed by atoms with Gasteiger partial charge in [0.15, 0.2) is 34.4 Å². The van der Waals surface area contributed by atoms with E-state index in [1.165, 1.54) is 64.2 Å². The molecule has 3 heterocycles. The van der Waals surface area contributed by atoms with Crippen LogP contribution in [0.15, 0.2) is 103 Å². The number of carbonyl (C=O) groups is 9. The number of benzene rings is 4. The summed E-state index contributed by atoms with van der Waals surface area (Å²) in [4.78, 5) is 115. The van der Waals surface area contributed by atoms with Crippen LogP contribution in [0.5, 0.6) is 34.5 Å². The van der Waals surface area contributed by atoms with Crippen LogP contribution in [-0.4, -0.2) is 163 Å². The van der Waals surface area contributed by atoms with Gasteiger partial charge in [0.25, 0.3) is 17.7 Å². The van der Waals surface area contributed by atoms with Crippen molar-refractivity contribution in [2.45, 2.75) is 254 Å². The molecule has 122 heavy (non-hydrogen) atoms. The van der Waals surface area contributed by atoms with Gasteiger partial charge < -0.3 is 60.3 Å². The molecule has 0 spiro atoms. The predicted octanol–water partition coefficient (Wildman–Crippen LogP) is 15.7. The molecule has 9 rings (SSSR count). The van der Waals surface area contributed by atoms with Crippen LogP contribution in [0.2, 0.25) is 0 Å². The molecule has 1 unspecified atom stereocenters. The van der Waals surface area contributed by atoms with Crippen molar-refractivity contribution in [1.82, 2.24) is 61.2 Å². The topological polar surface area (TPSA) is 335 Å². The highest BCUT2D eigenvalue weighted by Gasteiger charge is 2.32. The Labute approximate surface area is 722 Å². The molecule has 7 aromatic rings. The molecule has 6 amide bonds. The second kappa shape index (κ2) is 51.2. The molecule has 0 bridgehead atoms. The van der Waals surface area contributed by atoms with Crippen LogP contribution in [0.25, 0.3) is 33.8 Å². The molecule has 3 aromatic heterocycles. The summed E-state index contributed by atoms with van der Waals surface area (Å²) in [5, 5.41) is 31.3. The summed E-state index contributed by atoms with van der Waals surface area (Å²) in [5.74, 6) is 3.68. The molecule has 0 aliphatic heterocycles. The normalized spacial score (nSPS) is 13.8. The van der Waals surface area contributed by atoms with E-state index < -0.39 is 17.9 Å². The van der Waals surface area contributed by atoms with Crippen molar-refractivity contribution < 1.29 is 71.6 Å². The van der Waals surface area contributed by atoms with Gasteiger partial charge >= 0.3 is 0 Å². The number of methoxy groups -OCH3 is 6. The molecular weight excluding hydrogens is 1550 g/mol. The maximum Gasteiger partial charge on any atom is 0.272 e. The lowest BCUT2D eigenvalue weighted by Crippen LogP contribution is -2.48. The van der Waals surface area contributed by atoms with Crippen LogP contribution in [-0.2, 0) is 48.3 Å². The van der Waals surface area contributed by atoms with Crippen molar-refractivity contribution >= 4 is 52.8 Å². The van der Waals surface area contributed by atoms with Gasteiger partial charge in [-0.25, -0.2) is 0 Å². The first kappa shape index (κ1) is 98.3. The molecule has 2 aliphatic carbocycles. The Bertz CT molecular complexity index is 4430. The van der Waals surface area contributed by atoms with Gasteiger partial charge in [0.1, 0.15) is 40.5 Å². The average Bonchev–Trinajstić information content (AvgIpc) is 1.62. The number of carbonyl (C=O) groups excluding carboxylic acids is 9. The van der Waals surface area contributed by atoms with E-state index in [9.17, 15) is 43.2 Å². The Morgan fingerprint density at radius 2 is 0.795 bits per heavy atom. The van der Waals surface area contributed by atoms with Gasteiger partial charge in [-0.05, 0) is 135 Å². The molecule has 0 saturated heterocycles. The van der Waals surface area contributed by atoms with E-state index in [-0.39, 0.29) is 120 Å². The van der Waals surface area contributed by atoms with Gasteiger partial charge in [-0.2, -0.15) is 15.3 Å². The summed E-state index contributed by atoms with van der Waals surface area (Å²) >= 11 is 0. The molecule has 0 radical (unpaired) electrons. The first-order chi connectivity index (χ1) is 58.8. The third kappa shape index (κ3) is 29.7. The number of nitrogens with one attached hydrogen (secondary N) is 6. The molecule has 2 fully saturated rings. The van der Waals surface area contributed by atoms with Crippen LogP contribution in [0.1, 0.15) is 254 Å². The maximum absolute atomic E-state index is 13.7. The minimum atomic E-state index is -0.846. The maximum atomic E-state index is 13.7. The Morgan fingerprint density at radius 3 is 1.17 bits per heavy atom. The van der Waals surface area contributed by atoms with Gasteiger partial charge in [-0.3, -0.25) is 57.2 Å². The van der Waals surface area contributed by atoms with E-state index in [0.29, 0.717) is 122 Å². The minimum Gasteiger partial charge on any atom is -0.496 e. The Balaban J connectivity index is 0.000000252. The largest absolute Gasteiger partial charge is 0.496 e. The van der Waals surface area contributed by atoms with Gasteiger partial charge in [0.2, 0.25) is 17.7 Å². The Morgan fingerprint density at radius 1 is 0.426 bits per heavy atom. The van der Waals surface area contributed by atoms with Crippen LogP contribution >= 0.6 is 0 Å². The van der Waals surface area contributed by atoms with Crippen molar-refractivity contribution in [2.75, 3.05) is 62.3 Å². The molecule has 2 saturated carbocycles. The van der Waals surface area contributed by atoms with E-state index in [0.717, 1.165) is 53.8 Å². The standard InChI is InChI=1S/C32H48N4O5.C32H42N4O5.C31H46N4O5/c1-7-25(37)20-33-30(38)18-24(17-16-23-12-9-8-10-13-23)34-32(39)26-19-27(36(35-26)22(4)21(2)3)31-28(40-5)14-11-15-29(31)41-6;1-6-22(7-2)21-36-27(30-28(40-4)15-12-16-29(30)41-5)19-26(35-36)32(39)34-25(31(38)33-20-24(37)8-3)18-17-23-13-10-9-11-14-23;1-6-24(36)19-32-29(37)17-23(16-15-22-11-8-7-9-12-22)33-31(38)25-18-26(35(34-25)20-21(2)3)30-27(39-4)13-10-14-28(30)40-5/h11,14-15,19,21-24H,7-10,12-13,16-18,20H2,1-6H3,(H,33,38)(H,34,39);9-16,19,22,25H,6-8,17-18,20-21H2,1-5H3,(H,33,38)(H,34,39);10,13-14,18,21-23H,6-9,11-12,15-17,19-20H2,1-5H3,(H,32,37)(H,33,38)/t22?,24-;25-;23-/m000/s1. The highest BCUT2D eigenvalue weighted by atomic mass is 16.5. The fourth-order valence-corrected chi connectivity index (χ4v) is 15.4. The molecule has 27 heteroatoms. The van der Waals surface area contributed by atoms with E-state index in [1.54, 1.807) is 81.6 Å². The second-order valence-corrected chi connectivity index (χ2v) is 32.6. The highest BCUT2D eigenvalue weighted by Crippen LogP contribution is 2.43. The van der Waals surface area contributed by atoms with E-state index in [2.05, 4.69) is 85.5 Å². The van der Waals surface area contributed by atoms with Crippen molar-refractivity contribution in [2.24, 2.45) is 29.6 Å². The minimum absolute atomic E-state index is 0.00912. The number of aryl methyl sites for hydroxylation is 1. The average molecular weight is 1690 g/mol. The summed E-state index contributed by atoms with van der Waals surface area (Å²) in [6, 6.07) is 30.1. The molecule has 666 valence electrons. The summed E-state index contributed by atoms with van der Waals surface area (Å²) in [6.07, 6.45) is 19.8. The number of ketones is 3. The van der Waals surface area contributed by atoms with Crippen LogP contribution in [0, 0.1) is 29.6 Å². The molecular formula is C95H136N12O15. The van der Waals surface area contributed by atoms with Crippen LogP contribution < -0.4 is 60.3 Å². The number of Topliss-reactive ketones (excluding diaryl/α,β-unsaturated/α-hetero) is 3. The third-order valence-electron chi connectivity index (χ3n) is 23.1. The van der Waals surface area contributed by atoms with Crippen molar-refractivity contribution in [3.63, 3.8) is 0 Å². The van der Waals surface area contributed by atoms with Crippen molar-refractivity contribution in [1.29, 1.82) is 0 Å². The number of hydrogen-bond donors (Lipinski definition) is 6. The first-order valence-corrected chi connectivity index (χ1v) is 44.0. The fourth-order valence-electron chi connectivity index (χ4n) is 15.4. The van der Waals surface area contributed by atoms with Crippen molar-refractivity contribution in [3.05, 3.63) is 126 Å². The first-order valence-electron chi connectivity index (χ1n) is 44.0. The fraction of sp³-hybridized carbons (Fsp3) is 0.558. The Hall–Kier alpha value is -10.9. The number of aromatic nitrogens is 6. The SMILES string of the molecule is CCC(=O)CNC(=O)C[C@H](CCC1CCCCC1)NC(=O)c1cc(-c2c(OC)cccc2OC)n(C(C)C(C)C)n1.CCC(=O)CNC(=O)C[C@H](CCC1CCCCC1)NC(=O)c1cc(-c2c(OC)cccc2OC)n(CC(C)C)n1.CCC(=O)CNC(=O)[C@H](CCc1ccccc1)NC(=O)c1cc(-c2c(OC)cccc2OC)n(CC(CC)CC)n1. The number of rotatable bonds is 46. The lowest BCUT2D eigenvalue weighted by atomic mass is 9.85. The second-order valence-electron chi connectivity index (χ2n) is 32.6. The number of ether oxygens (including phenoxy) is 6. The van der Waals surface area contributed by atoms with Gasteiger partial charge in [-0.1, -0.05) is 188 Å². The zero-order valence-corrected chi connectivity index (χ0v) is 75.1. The molecule has 4 aromatic carbocycles. The molecule has 2 aliphatic rings.